The lowest BCUT2D eigenvalue weighted by atomic mass is 10.1. The van der Waals surface area contributed by atoms with Crippen LogP contribution in [0.4, 0.5) is 13.2 Å². The molecule has 0 spiro atoms. The van der Waals surface area contributed by atoms with Crippen molar-refractivity contribution in [1.29, 1.82) is 0 Å². The number of halogens is 3. The van der Waals surface area contributed by atoms with Gasteiger partial charge in [-0.3, -0.25) is 0 Å². The van der Waals surface area contributed by atoms with Crippen molar-refractivity contribution in [2.75, 3.05) is 0 Å². The molecule has 1 rings (SSSR count). The van der Waals surface area contributed by atoms with Crippen LogP contribution in [0.5, 0.6) is 0 Å². The van der Waals surface area contributed by atoms with Crippen LogP contribution in [0.3, 0.4) is 0 Å². The lowest BCUT2D eigenvalue weighted by Crippen LogP contribution is -2.27. The highest BCUT2D eigenvalue weighted by Gasteiger charge is 2.42. The van der Waals surface area contributed by atoms with Crippen LogP contribution < -0.4 is 9.79 Å². The van der Waals surface area contributed by atoms with E-state index in [1.54, 1.807) is 0 Å². The Labute approximate surface area is 88.9 Å². The second-order valence-electron chi connectivity index (χ2n) is 2.88. The molecule has 8 heteroatoms. The minimum atomic E-state index is -5.70. The summed E-state index contributed by atoms with van der Waals surface area (Å²) >= 11 is 0. The summed E-state index contributed by atoms with van der Waals surface area (Å²) in [6, 6.07) is 6.04. The van der Waals surface area contributed by atoms with E-state index in [0.29, 0.717) is 0 Å². The third-order valence-electron chi connectivity index (χ3n) is 1.63. The minimum Gasteiger partial charge on any atom is -0.790 e. The van der Waals surface area contributed by atoms with Crippen LogP contribution in [0.1, 0.15) is 11.7 Å². The first kappa shape index (κ1) is 13.2. The minimum absolute atomic E-state index is 0.443. The number of phosphoric acid groups is 1. The monoisotopic (exact) mass is 254 g/mol. The Balaban J connectivity index is 3.03. The number of rotatable bonds is 3. The van der Waals surface area contributed by atoms with Crippen molar-refractivity contribution < 1.29 is 32.0 Å². The molecule has 0 aromatic heterocycles. The van der Waals surface area contributed by atoms with Crippen molar-refractivity contribution in [3.63, 3.8) is 0 Å². The average molecular weight is 254 g/mol. The molecule has 0 fully saturated rings. The highest BCUT2D eigenvalue weighted by Crippen LogP contribution is 2.43. The van der Waals surface area contributed by atoms with Crippen LogP contribution in [0, 0.1) is 0 Å². The molecule has 1 unspecified atom stereocenters. The van der Waals surface area contributed by atoms with E-state index in [1.165, 1.54) is 18.2 Å². The number of alkyl halides is 3. The molecule has 0 saturated carbocycles. The van der Waals surface area contributed by atoms with Gasteiger partial charge in [0.05, 0.1) is 7.82 Å². The topological polar surface area (TPSA) is 72.4 Å². The summed E-state index contributed by atoms with van der Waals surface area (Å²) < 4.78 is 51.0. The van der Waals surface area contributed by atoms with Crippen molar-refractivity contribution in [3.8, 4) is 0 Å². The molecular formula is C8H6F3O4P-2. The van der Waals surface area contributed by atoms with E-state index in [2.05, 4.69) is 4.52 Å². The van der Waals surface area contributed by atoms with Gasteiger partial charge in [-0.25, -0.2) is 0 Å². The molecule has 0 aliphatic heterocycles. The van der Waals surface area contributed by atoms with Gasteiger partial charge in [0.25, 0.3) is 0 Å². The molecule has 0 amide bonds. The maximum absolute atomic E-state index is 12.4. The lowest BCUT2D eigenvalue weighted by Gasteiger charge is -2.34. The summed E-state index contributed by atoms with van der Waals surface area (Å²) in [4.78, 5) is 20.4. The fourth-order valence-electron chi connectivity index (χ4n) is 1.07. The molecule has 0 bridgehead atoms. The van der Waals surface area contributed by atoms with Gasteiger partial charge < -0.3 is 18.9 Å². The van der Waals surface area contributed by atoms with E-state index in [9.17, 15) is 27.5 Å². The van der Waals surface area contributed by atoms with Crippen molar-refractivity contribution in [2.45, 2.75) is 12.3 Å². The standard InChI is InChI=1S/C8H8F3O4P/c9-8(10,11)7(15-16(12,13)14)6-4-2-1-3-5-6/h1-5,7H,(H2,12,13,14)/p-2. The number of hydrogen-bond donors (Lipinski definition) is 0. The van der Waals surface area contributed by atoms with E-state index in [1.807, 2.05) is 0 Å². The molecule has 0 radical (unpaired) electrons. The summed E-state index contributed by atoms with van der Waals surface area (Å²) in [5, 5.41) is 0. The predicted molar refractivity (Wildman–Crippen MR) is 43.9 cm³/mol. The number of hydrogen-bond acceptors (Lipinski definition) is 4. The van der Waals surface area contributed by atoms with Gasteiger partial charge in [0.1, 0.15) is 0 Å². The third kappa shape index (κ3) is 3.94. The van der Waals surface area contributed by atoms with Gasteiger partial charge in [-0.1, -0.05) is 30.3 Å². The molecule has 1 aromatic rings. The second-order valence-corrected chi connectivity index (χ2v) is 3.99. The Hall–Kier alpha value is -0.880. The lowest BCUT2D eigenvalue weighted by molar-refractivity contribution is -0.355. The van der Waals surface area contributed by atoms with Crippen molar-refractivity contribution in [3.05, 3.63) is 35.9 Å². The van der Waals surface area contributed by atoms with E-state index < -0.39 is 25.7 Å². The summed E-state index contributed by atoms with van der Waals surface area (Å²) in [5.41, 5.74) is -0.443. The molecule has 1 atom stereocenters. The predicted octanol–water partition coefficient (Wildman–Crippen LogP) is 1.14. The highest BCUT2D eigenvalue weighted by molar-refractivity contribution is 7.43. The summed E-state index contributed by atoms with van der Waals surface area (Å²) in [7, 11) is -5.70. The smallest absolute Gasteiger partial charge is 0.419 e. The average Bonchev–Trinajstić information content (AvgIpc) is 2.13. The third-order valence-corrected chi connectivity index (χ3v) is 2.10. The van der Waals surface area contributed by atoms with Gasteiger partial charge >= 0.3 is 6.18 Å². The fraction of sp³-hybridized carbons (Fsp3) is 0.250. The van der Waals surface area contributed by atoms with Crippen molar-refractivity contribution in [2.24, 2.45) is 0 Å². The van der Waals surface area contributed by atoms with E-state index >= 15 is 0 Å². The highest BCUT2D eigenvalue weighted by atomic mass is 31.2. The summed E-state index contributed by atoms with van der Waals surface area (Å²) in [6.45, 7) is 0. The molecule has 0 saturated heterocycles. The Morgan fingerprint density at radius 3 is 2.06 bits per heavy atom. The molecule has 4 nitrogen and oxygen atoms in total. The van der Waals surface area contributed by atoms with Gasteiger partial charge in [-0.05, 0) is 5.56 Å². The maximum atomic E-state index is 12.4. The number of benzene rings is 1. The molecule has 0 aliphatic carbocycles. The van der Waals surface area contributed by atoms with Crippen LogP contribution in [-0.2, 0) is 9.09 Å². The van der Waals surface area contributed by atoms with Crippen LogP contribution in [0.2, 0.25) is 0 Å². The summed E-state index contributed by atoms with van der Waals surface area (Å²) in [5.74, 6) is 0. The van der Waals surface area contributed by atoms with Crippen molar-refractivity contribution >= 4 is 7.82 Å². The Morgan fingerprint density at radius 2 is 1.69 bits per heavy atom. The largest absolute Gasteiger partial charge is 0.790 e. The van der Waals surface area contributed by atoms with Crippen LogP contribution >= 0.6 is 7.82 Å². The number of phosphoric ester groups is 1. The zero-order valence-corrected chi connectivity index (χ0v) is 8.57. The first-order valence-electron chi connectivity index (χ1n) is 4.02. The SMILES string of the molecule is O=P([O-])([O-])OC(c1ccccc1)C(F)(F)F. The molecule has 90 valence electrons. The first-order chi connectivity index (χ1) is 7.20. The molecule has 1 aromatic carbocycles. The molecular weight excluding hydrogens is 248 g/mol. The summed E-state index contributed by atoms with van der Waals surface area (Å²) in [6.07, 6.45) is -7.72. The zero-order valence-electron chi connectivity index (χ0n) is 7.68. The second kappa shape index (κ2) is 4.55. The van der Waals surface area contributed by atoms with Gasteiger partial charge in [0.15, 0.2) is 6.10 Å². The quantitative estimate of drug-likeness (QED) is 0.758. The van der Waals surface area contributed by atoms with E-state index in [-0.39, 0.29) is 0 Å². The first-order valence-corrected chi connectivity index (χ1v) is 5.48. The Kier molecular flexibility index (Phi) is 3.75. The normalized spacial score (nSPS) is 14.8. The van der Waals surface area contributed by atoms with Gasteiger partial charge in [0, 0.05) is 0 Å². The van der Waals surface area contributed by atoms with E-state index in [4.69, 9.17) is 0 Å². The van der Waals surface area contributed by atoms with Gasteiger partial charge in [0.2, 0.25) is 0 Å². The van der Waals surface area contributed by atoms with Gasteiger partial charge in [-0.15, -0.1) is 0 Å². The van der Waals surface area contributed by atoms with Gasteiger partial charge in [-0.2, -0.15) is 13.2 Å². The van der Waals surface area contributed by atoms with Crippen LogP contribution in [0.25, 0.3) is 0 Å². The van der Waals surface area contributed by atoms with Crippen LogP contribution in [-0.4, -0.2) is 6.18 Å². The fourth-order valence-corrected chi connectivity index (χ4v) is 1.57. The molecule has 0 aliphatic rings. The molecule has 16 heavy (non-hydrogen) atoms. The Bertz CT molecular complexity index is 386. The van der Waals surface area contributed by atoms with Crippen LogP contribution in [0.15, 0.2) is 30.3 Å². The molecule has 0 heterocycles. The Morgan fingerprint density at radius 1 is 1.19 bits per heavy atom. The maximum Gasteiger partial charge on any atom is 0.419 e. The van der Waals surface area contributed by atoms with Crippen molar-refractivity contribution in [1.82, 2.24) is 0 Å². The molecule has 0 N–H and O–H groups in total. The van der Waals surface area contributed by atoms with E-state index in [0.717, 1.165) is 12.1 Å². The zero-order chi connectivity index (χ0) is 12.4.